The predicted molar refractivity (Wildman–Crippen MR) is 72.7 cm³/mol. The monoisotopic (exact) mass is 265 g/mol. The molecule has 0 aliphatic carbocycles. The van der Waals surface area contributed by atoms with Crippen LogP contribution in [0.5, 0.6) is 0 Å². The van der Waals surface area contributed by atoms with Gasteiger partial charge in [0.2, 0.25) is 0 Å². The van der Waals surface area contributed by atoms with E-state index in [1.165, 1.54) is 6.42 Å². The fraction of sp³-hybridized carbons (Fsp3) is 0.769. The molecule has 1 saturated heterocycles. The van der Waals surface area contributed by atoms with Crippen molar-refractivity contribution in [2.24, 2.45) is 0 Å². The third-order valence-corrected chi connectivity index (χ3v) is 3.90. The first-order valence-corrected chi connectivity index (χ1v) is 6.95. The zero-order valence-electron chi connectivity index (χ0n) is 12.0. The van der Waals surface area contributed by atoms with Crippen LogP contribution < -0.4 is 0 Å². The van der Waals surface area contributed by atoms with Crippen LogP contribution >= 0.6 is 0 Å². The number of urea groups is 1. The highest BCUT2D eigenvalue weighted by Gasteiger charge is 2.30. The van der Waals surface area contributed by atoms with Gasteiger partial charge in [0, 0.05) is 32.2 Å². The van der Waals surface area contributed by atoms with Crippen LogP contribution in [0.1, 0.15) is 33.1 Å². The Bertz CT molecular complexity index is 395. The first kappa shape index (κ1) is 13.8. The van der Waals surface area contributed by atoms with E-state index in [4.69, 9.17) is 0 Å². The van der Waals surface area contributed by atoms with Crippen molar-refractivity contribution >= 4 is 6.03 Å². The van der Waals surface area contributed by atoms with Crippen molar-refractivity contribution in [3.63, 3.8) is 0 Å². The number of nitrogens with zero attached hydrogens (tertiary/aromatic N) is 5. The minimum Gasteiger partial charge on any atom is -0.326 e. The Labute approximate surface area is 114 Å². The van der Waals surface area contributed by atoms with Gasteiger partial charge in [-0.1, -0.05) is 0 Å². The molecule has 1 aromatic heterocycles. The lowest BCUT2D eigenvalue weighted by Crippen LogP contribution is -2.52. The quantitative estimate of drug-likeness (QED) is 0.834. The molecule has 2 rings (SSSR count). The smallest absolute Gasteiger partial charge is 0.320 e. The van der Waals surface area contributed by atoms with Crippen molar-refractivity contribution in [2.75, 3.05) is 13.6 Å². The lowest BCUT2D eigenvalue weighted by atomic mass is 9.98. The molecule has 0 aromatic carbocycles. The molecule has 6 nitrogen and oxygen atoms in total. The molecular weight excluding hydrogens is 242 g/mol. The maximum atomic E-state index is 12.5. The third kappa shape index (κ3) is 3.24. The summed E-state index contributed by atoms with van der Waals surface area (Å²) >= 11 is 0. The van der Waals surface area contributed by atoms with Gasteiger partial charge in [-0.2, -0.15) is 0 Å². The molecule has 0 radical (unpaired) electrons. The Morgan fingerprint density at radius 2 is 1.84 bits per heavy atom. The third-order valence-electron chi connectivity index (χ3n) is 3.90. The maximum Gasteiger partial charge on any atom is 0.320 e. The summed E-state index contributed by atoms with van der Waals surface area (Å²) in [5.74, 6) is 0. The highest BCUT2D eigenvalue weighted by Crippen LogP contribution is 2.23. The number of likely N-dealkylation sites (N-methyl/N-ethyl adjacent to an activating group) is 1. The molecule has 1 aliphatic heterocycles. The Morgan fingerprint density at radius 3 is 2.42 bits per heavy atom. The van der Waals surface area contributed by atoms with Crippen molar-refractivity contribution < 1.29 is 4.79 Å². The first-order chi connectivity index (χ1) is 9.09. The highest BCUT2D eigenvalue weighted by atomic mass is 16.2. The molecule has 0 N–H and O–H groups in total. The minimum absolute atomic E-state index is 0.132. The molecule has 1 aromatic rings. The second-order valence-electron chi connectivity index (χ2n) is 5.44. The molecule has 0 bridgehead atoms. The van der Waals surface area contributed by atoms with E-state index in [-0.39, 0.29) is 6.03 Å². The maximum absolute atomic E-state index is 12.5. The van der Waals surface area contributed by atoms with Crippen LogP contribution in [0, 0.1) is 0 Å². The van der Waals surface area contributed by atoms with Crippen LogP contribution in [0.4, 0.5) is 4.79 Å². The fourth-order valence-electron chi connectivity index (χ4n) is 2.69. The van der Waals surface area contributed by atoms with Gasteiger partial charge in [0.15, 0.2) is 0 Å². The zero-order chi connectivity index (χ0) is 13.8. The van der Waals surface area contributed by atoms with Crippen molar-refractivity contribution in [3.05, 3.63) is 12.7 Å². The number of carbonyl (C=O) groups excluding carboxylic acids is 1. The van der Waals surface area contributed by atoms with Crippen LogP contribution in [-0.4, -0.2) is 56.3 Å². The number of piperidine rings is 1. The molecule has 106 valence electrons. The van der Waals surface area contributed by atoms with Gasteiger partial charge >= 0.3 is 6.03 Å². The van der Waals surface area contributed by atoms with E-state index in [1.54, 1.807) is 17.6 Å². The van der Waals surface area contributed by atoms with Gasteiger partial charge in [-0.25, -0.2) is 4.79 Å². The molecular formula is C13H23N5O. The number of likely N-dealkylation sites (tertiary alicyclic amines) is 1. The van der Waals surface area contributed by atoms with Crippen LogP contribution in [-0.2, 0) is 6.54 Å². The Balaban J connectivity index is 1.90. The lowest BCUT2D eigenvalue weighted by molar-refractivity contribution is 0.0975. The molecule has 2 unspecified atom stereocenters. The van der Waals surface area contributed by atoms with Crippen molar-refractivity contribution in [1.29, 1.82) is 0 Å². The summed E-state index contributed by atoms with van der Waals surface area (Å²) in [5, 5.41) is 7.52. The van der Waals surface area contributed by atoms with Gasteiger partial charge in [-0.05, 0) is 33.1 Å². The number of amides is 2. The van der Waals surface area contributed by atoms with E-state index in [0.29, 0.717) is 18.6 Å². The summed E-state index contributed by atoms with van der Waals surface area (Å²) in [6.45, 7) is 5.68. The topological polar surface area (TPSA) is 54.3 Å². The summed E-state index contributed by atoms with van der Waals surface area (Å²) < 4.78 is 1.88. The number of rotatable bonds is 3. The van der Waals surface area contributed by atoms with Crippen molar-refractivity contribution in [1.82, 2.24) is 24.6 Å². The molecule has 0 saturated carbocycles. The Morgan fingerprint density at radius 1 is 1.26 bits per heavy atom. The first-order valence-electron chi connectivity index (χ1n) is 6.95. The number of hydrogen-bond donors (Lipinski definition) is 0. The molecule has 6 heteroatoms. The summed E-state index contributed by atoms with van der Waals surface area (Å²) in [5.41, 5.74) is 0. The van der Waals surface area contributed by atoms with E-state index < -0.39 is 0 Å². The number of carbonyl (C=O) groups is 1. The van der Waals surface area contributed by atoms with E-state index in [9.17, 15) is 4.79 Å². The average molecular weight is 265 g/mol. The van der Waals surface area contributed by atoms with Crippen LogP contribution in [0.3, 0.4) is 0 Å². The molecule has 19 heavy (non-hydrogen) atoms. The van der Waals surface area contributed by atoms with Gasteiger partial charge in [-0.3, -0.25) is 0 Å². The number of hydrogen-bond acceptors (Lipinski definition) is 3. The molecule has 0 spiro atoms. The van der Waals surface area contributed by atoms with Crippen molar-refractivity contribution in [3.8, 4) is 0 Å². The largest absolute Gasteiger partial charge is 0.326 e. The molecule has 1 fully saturated rings. The van der Waals surface area contributed by atoms with E-state index in [0.717, 1.165) is 19.4 Å². The van der Waals surface area contributed by atoms with E-state index >= 15 is 0 Å². The standard InChI is InChI=1S/C13H23N5O/c1-11-5-4-6-12(2)18(11)13(19)16(3)7-8-17-9-14-15-10-17/h9-12H,4-8H2,1-3H3. The van der Waals surface area contributed by atoms with Gasteiger partial charge in [0.1, 0.15) is 12.7 Å². The average Bonchev–Trinajstić information content (AvgIpc) is 2.88. The van der Waals surface area contributed by atoms with Crippen LogP contribution in [0.15, 0.2) is 12.7 Å². The second-order valence-corrected chi connectivity index (χ2v) is 5.44. The summed E-state index contributed by atoms with van der Waals surface area (Å²) in [7, 11) is 1.86. The molecule has 1 aliphatic rings. The summed E-state index contributed by atoms with van der Waals surface area (Å²) in [6, 6.07) is 0.815. The Hall–Kier alpha value is -1.59. The lowest BCUT2D eigenvalue weighted by Gasteiger charge is -2.41. The summed E-state index contributed by atoms with van der Waals surface area (Å²) in [6.07, 6.45) is 6.77. The fourth-order valence-corrected chi connectivity index (χ4v) is 2.69. The summed E-state index contributed by atoms with van der Waals surface area (Å²) in [4.78, 5) is 16.3. The minimum atomic E-state index is 0.132. The molecule has 2 atom stereocenters. The zero-order valence-corrected chi connectivity index (χ0v) is 12.0. The van der Waals surface area contributed by atoms with Gasteiger partial charge < -0.3 is 14.4 Å². The normalized spacial score (nSPS) is 23.4. The molecule has 2 amide bonds. The van der Waals surface area contributed by atoms with Crippen LogP contribution in [0.2, 0.25) is 0 Å². The van der Waals surface area contributed by atoms with E-state index in [1.807, 2.05) is 16.5 Å². The van der Waals surface area contributed by atoms with Crippen LogP contribution in [0.25, 0.3) is 0 Å². The highest BCUT2D eigenvalue weighted by molar-refractivity contribution is 5.75. The number of aromatic nitrogens is 3. The van der Waals surface area contributed by atoms with Gasteiger partial charge in [0.25, 0.3) is 0 Å². The van der Waals surface area contributed by atoms with Gasteiger partial charge in [0.05, 0.1) is 0 Å². The van der Waals surface area contributed by atoms with Crippen molar-refractivity contribution in [2.45, 2.75) is 51.7 Å². The second kappa shape index (κ2) is 6.04. The predicted octanol–water partition coefficient (Wildman–Crippen LogP) is 1.59. The Kier molecular flexibility index (Phi) is 4.39. The molecule has 2 heterocycles. The SMILES string of the molecule is CC1CCCC(C)N1C(=O)N(C)CCn1cnnc1. The van der Waals surface area contributed by atoms with E-state index in [2.05, 4.69) is 24.0 Å². The van der Waals surface area contributed by atoms with Gasteiger partial charge in [-0.15, -0.1) is 10.2 Å².